The summed E-state index contributed by atoms with van der Waals surface area (Å²) in [5.41, 5.74) is 3.86. The van der Waals surface area contributed by atoms with Gasteiger partial charge < -0.3 is 70.6 Å². The van der Waals surface area contributed by atoms with Crippen molar-refractivity contribution in [3.05, 3.63) is 86.7 Å². The molecule has 5 rings (SSSR count). The van der Waals surface area contributed by atoms with Crippen LogP contribution in [-0.4, -0.2) is 283 Å². The van der Waals surface area contributed by atoms with Crippen molar-refractivity contribution in [2.24, 2.45) is 5.92 Å². The predicted octanol–water partition coefficient (Wildman–Crippen LogP) is 4.08. The number of benzene rings is 3. The van der Waals surface area contributed by atoms with E-state index in [2.05, 4.69) is 66.2 Å². The number of aromatic hydroxyl groups is 2. The largest absolute Gasteiger partial charge is 0.508 e. The maximum Gasteiger partial charge on any atom is 0.317 e. The number of nitrogens with one attached hydrogen (secondary N) is 4. The van der Waals surface area contributed by atoms with Gasteiger partial charge in [0.25, 0.3) is 5.91 Å². The first-order valence-corrected chi connectivity index (χ1v) is 35.7. The molecule has 569 valence electrons. The van der Waals surface area contributed by atoms with Crippen molar-refractivity contribution in [3.8, 4) is 28.6 Å². The number of piperidine rings is 1. The van der Waals surface area contributed by atoms with Crippen LogP contribution in [0.2, 0.25) is 0 Å². The van der Waals surface area contributed by atoms with E-state index in [-0.39, 0.29) is 176 Å². The van der Waals surface area contributed by atoms with Crippen LogP contribution in [0.5, 0.6) is 11.5 Å². The van der Waals surface area contributed by atoms with Crippen LogP contribution in [0.25, 0.3) is 17.1 Å². The maximum absolute atomic E-state index is 13.6. The Hall–Kier alpha value is -6.20. The standard InChI is InChI=1S/C70H105IN12O17.Lu/c1-6-72-70(96)68-77-76-67(57-44-56(50(3)4)59(84)45-60(57)85)83(68)55-20-16-52(17-21-55)43-53-22-27-82(28-23-53)63(88)24-35-97-37-39-99-41-42-100-40-38-98-36-26-74-69(95)58(12-8-9-25-73-61(86)13-10-11-51-14-18-54(71)19-15-51)75-62(87)46-79(7-2)31-32-81(49-66(93)94)34-33-80(48-65(91)92)30-29-78(5)47-64(89)90;/h14-21,44-45,50,53,58,84-85H,6-13,22-43,46-49H2,1-5H3,(H,72,96)(H,73,86)(H,74,95)(H,75,87)(H,89,90)(H,91,92)(H,93,94);/t58-;/m0./s1. The minimum Gasteiger partial charge on any atom is -0.508 e. The van der Waals surface area contributed by atoms with Gasteiger partial charge in [0, 0.05) is 131 Å². The van der Waals surface area contributed by atoms with Crippen LogP contribution in [0.3, 0.4) is 0 Å². The summed E-state index contributed by atoms with van der Waals surface area (Å²) in [5, 5.41) is 69.7. The van der Waals surface area contributed by atoms with E-state index in [1.165, 1.54) is 11.6 Å². The summed E-state index contributed by atoms with van der Waals surface area (Å²) in [6.07, 6.45) is 6.05. The molecule has 1 saturated heterocycles. The van der Waals surface area contributed by atoms with Crippen LogP contribution in [0, 0.1) is 46.4 Å². The molecule has 0 aliphatic carbocycles. The van der Waals surface area contributed by atoms with Crippen LogP contribution in [0.15, 0.2) is 60.7 Å². The third-order valence-electron chi connectivity index (χ3n) is 16.9. The number of unbranched alkanes of at least 4 members (excludes halogenated alkanes) is 1. The second-order valence-electron chi connectivity index (χ2n) is 25.1. The molecule has 3 aromatic carbocycles. The van der Waals surface area contributed by atoms with Crippen molar-refractivity contribution in [3.63, 3.8) is 0 Å². The molecule has 2 heterocycles. The molecule has 1 aliphatic rings. The zero-order valence-corrected chi connectivity index (χ0v) is 62.7. The molecule has 1 aromatic heterocycles. The van der Waals surface area contributed by atoms with E-state index in [9.17, 15) is 58.8 Å². The third-order valence-corrected chi connectivity index (χ3v) is 17.6. The fraction of sp³-hybridized carbons (Fsp3) is 0.600. The number of likely N-dealkylation sites (N-methyl/N-ethyl adjacent to an activating group) is 2. The van der Waals surface area contributed by atoms with Gasteiger partial charge in [0.15, 0.2) is 5.82 Å². The number of halogens is 1. The molecule has 4 aromatic rings. The SMILES string of the molecule is CCNC(=O)c1nnc(-c2cc(C(C)C)c(O)cc2O)n1-c1ccc(CC2CCN(C(=O)CCOCCOCCOCCOCCNC(=O)[C@H](CCCCNC(=O)CCCc3ccc(I)cc3)NC(=O)CN(CC)CCN(CCN(CCN(C)CC(=O)O)CC(=O)O)CC(=O)O)CC2)cc1.[Lu]. The number of rotatable bonds is 51. The number of carbonyl (C=O) groups excluding carboxylic acids is 5. The number of likely N-dealkylation sites (tertiary alicyclic amines) is 1. The molecule has 0 spiro atoms. The Morgan fingerprint density at radius 1 is 0.624 bits per heavy atom. The van der Waals surface area contributed by atoms with E-state index >= 15 is 0 Å². The Kier molecular flexibility index (Phi) is 42.0. The quantitative estimate of drug-likeness (QED) is 0.0222. The van der Waals surface area contributed by atoms with Crippen molar-refractivity contribution in [2.45, 2.75) is 104 Å². The molecule has 101 heavy (non-hydrogen) atoms. The molecule has 31 heteroatoms. The van der Waals surface area contributed by atoms with E-state index < -0.39 is 41.7 Å². The van der Waals surface area contributed by atoms with Crippen LogP contribution < -0.4 is 21.3 Å². The van der Waals surface area contributed by atoms with Gasteiger partial charge in [-0.25, -0.2) is 0 Å². The number of amides is 5. The fourth-order valence-corrected chi connectivity index (χ4v) is 11.7. The van der Waals surface area contributed by atoms with E-state index in [1.54, 1.807) is 32.4 Å². The number of hydrogen-bond donors (Lipinski definition) is 9. The molecule has 1 radical (unpaired) electrons. The summed E-state index contributed by atoms with van der Waals surface area (Å²) in [5.74, 6) is -3.99. The number of phenols is 2. The number of aryl methyl sites for hydroxylation is 1. The van der Waals surface area contributed by atoms with E-state index in [1.807, 2.05) is 73.9 Å². The monoisotopic (exact) mass is 1690 g/mol. The second-order valence-corrected chi connectivity index (χ2v) is 26.3. The Morgan fingerprint density at radius 3 is 1.78 bits per heavy atom. The first kappa shape index (κ1) is 87.2. The topological polar surface area (TPSA) is 370 Å². The molecular formula is C70H105ILuN12O17. The Morgan fingerprint density at radius 2 is 1.20 bits per heavy atom. The van der Waals surface area contributed by atoms with Gasteiger partial charge in [-0.15, -0.1) is 10.2 Å². The minimum atomic E-state index is -1.08. The van der Waals surface area contributed by atoms with Crippen LogP contribution in [0.1, 0.15) is 112 Å². The van der Waals surface area contributed by atoms with Gasteiger partial charge in [-0.3, -0.25) is 62.5 Å². The summed E-state index contributed by atoms with van der Waals surface area (Å²) in [4.78, 5) is 109. The number of carboxylic acid groups (broad SMARTS) is 3. The molecule has 1 fully saturated rings. The average molecular weight is 1690 g/mol. The first-order valence-electron chi connectivity index (χ1n) is 34.6. The zero-order chi connectivity index (χ0) is 72.8. The molecule has 0 saturated carbocycles. The van der Waals surface area contributed by atoms with Gasteiger partial charge in [-0.05, 0) is 153 Å². The number of aromatic nitrogens is 3. The van der Waals surface area contributed by atoms with Crippen molar-refractivity contribution < 1.29 is 120 Å². The molecule has 5 amide bonds. The number of carboxylic acids is 3. The van der Waals surface area contributed by atoms with Crippen molar-refractivity contribution >= 4 is 70.0 Å². The van der Waals surface area contributed by atoms with E-state index in [0.717, 1.165) is 34.8 Å². The number of carbonyl (C=O) groups is 8. The number of nitrogens with zero attached hydrogens (tertiary/aromatic N) is 8. The number of aliphatic carboxylic acids is 3. The molecule has 9 N–H and O–H groups in total. The van der Waals surface area contributed by atoms with Crippen LogP contribution >= 0.6 is 22.6 Å². The minimum absolute atomic E-state index is 0. The maximum atomic E-state index is 13.6. The van der Waals surface area contributed by atoms with Gasteiger partial charge in [-0.1, -0.05) is 45.0 Å². The fourth-order valence-electron chi connectivity index (χ4n) is 11.3. The summed E-state index contributed by atoms with van der Waals surface area (Å²) < 4.78 is 25.4. The molecule has 1 atom stereocenters. The molecule has 0 bridgehead atoms. The molecular weight excluding hydrogens is 1580 g/mol. The average Bonchev–Trinajstić information content (AvgIpc) is 1.69. The normalized spacial score (nSPS) is 12.8. The van der Waals surface area contributed by atoms with Gasteiger partial charge >= 0.3 is 17.9 Å². The smallest absolute Gasteiger partial charge is 0.317 e. The molecule has 0 unspecified atom stereocenters. The Balaban J connectivity index is 0.0000216. The third kappa shape index (κ3) is 33.9. The number of phenolic OH excluding ortho intramolecular Hbond substituents is 2. The predicted molar refractivity (Wildman–Crippen MR) is 382 cm³/mol. The first-order chi connectivity index (χ1) is 48.0. The molecule has 29 nitrogen and oxygen atoms in total. The molecule has 1 aliphatic heterocycles. The van der Waals surface area contributed by atoms with Crippen LogP contribution in [0.4, 0.5) is 0 Å². The van der Waals surface area contributed by atoms with E-state index in [4.69, 9.17) is 24.1 Å². The van der Waals surface area contributed by atoms with Crippen molar-refractivity contribution in [1.29, 1.82) is 0 Å². The summed E-state index contributed by atoms with van der Waals surface area (Å²) >= 11 is 2.25. The summed E-state index contributed by atoms with van der Waals surface area (Å²) in [6, 6.07) is 18.1. The van der Waals surface area contributed by atoms with Gasteiger partial charge in [0.2, 0.25) is 29.5 Å². The van der Waals surface area contributed by atoms with E-state index in [0.29, 0.717) is 121 Å². The Labute approximate surface area is 635 Å². The van der Waals surface area contributed by atoms with Gasteiger partial charge in [-0.2, -0.15) is 0 Å². The number of hydrogen-bond acceptors (Lipinski definition) is 20. The van der Waals surface area contributed by atoms with Crippen LogP contribution in [-0.2, 0) is 65.4 Å². The summed E-state index contributed by atoms with van der Waals surface area (Å²) in [6.45, 7) is 13.0. The summed E-state index contributed by atoms with van der Waals surface area (Å²) in [7, 11) is 1.61. The Bertz CT molecular complexity index is 3180. The van der Waals surface area contributed by atoms with Crippen molar-refractivity contribution in [2.75, 3.05) is 165 Å². The second kappa shape index (κ2) is 48.7. The van der Waals surface area contributed by atoms with Gasteiger partial charge in [0.05, 0.1) is 91.0 Å². The zero-order valence-electron chi connectivity index (χ0n) is 58.9. The number of ether oxygens (including phenoxy) is 4. The van der Waals surface area contributed by atoms with Crippen molar-refractivity contribution in [1.82, 2.24) is 60.5 Å². The van der Waals surface area contributed by atoms with Gasteiger partial charge in [0.1, 0.15) is 17.5 Å².